The van der Waals surface area contributed by atoms with Crippen molar-refractivity contribution in [3.05, 3.63) is 23.7 Å². The zero-order valence-corrected chi connectivity index (χ0v) is 11.1. The summed E-state index contributed by atoms with van der Waals surface area (Å²) in [6, 6.07) is 4.07. The molecular weight excluding hydrogens is 230 g/mol. The molecule has 18 heavy (non-hydrogen) atoms. The lowest BCUT2D eigenvalue weighted by Gasteiger charge is -2.52. The van der Waals surface area contributed by atoms with Crippen molar-refractivity contribution in [1.29, 1.82) is 0 Å². The van der Waals surface area contributed by atoms with Crippen molar-refractivity contribution < 1.29 is 13.9 Å². The van der Waals surface area contributed by atoms with E-state index in [1.54, 1.807) is 7.11 Å². The first-order valence-corrected chi connectivity index (χ1v) is 6.64. The number of ether oxygens (including phenoxy) is 2. The van der Waals surface area contributed by atoms with E-state index in [2.05, 4.69) is 11.0 Å². The minimum Gasteiger partial charge on any atom is -0.465 e. The van der Waals surface area contributed by atoms with Crippen LogP contribution in [0.1, 0.15) is 24.4 Å². The maximum absolute atomic E-state index is 5.95. The largest absolute Gasteiger partial charge is 0.465 e. The van der Waals surface area contributed by atoms with Crippen LogP contribution in [-0.2, 0) is 16.0 Å². The first-order chi connectivity index (χ1) is 8.69. The highest BCUT2D eigenvalue weighted by Crippen LogP contribution is 2.35. The second-order valence-electron chi connectivity index (χ2n) is 5.54. The number of hydrogen-bond donors (Lipinski definition) is 0. The summed E-state index contributed by atoms with van der Waals surface area (Å²) in [6.45, 7) is 5.68. The smallest absolute Gasteiger partial charge is 0.118 e. The maximum Gasteiger partial charge on any atom is 0.118 e. The number of likely N-dealkylation sites (tertiary alicyclic amines) is 1. The quantitative estimate of drug-likeness (QED) is 0.822. The van der Waals surface area contributed by atoms with Gasteiger partial charge in [0.05, 0.1) is 18.2 Å². The Morgan fingerprint density at radius 3 is 2.94 bits per heavy atom. The molecule has 2 fully saturated rings. The molecule has 1 aromatic heterocycles. The number of rotatable bonds is 3. The lowest BCUT2D eigenvalue weighted by molar-refractivity contribution is -0.196. The minimum atomic E-state index is 0.0422. The Balaban J connectivity index is 1.53. The van der Waals surface area contributed by atoms with Gasteiger partial charge in [-0.05, 0) is 25.5 Å². The molecule has 0 N–H and O–H groups in total. The van der Waals surface area contributed by atoms with E-state index in [4.69, 9.17) is 13.9 Å². The monoisotopic (exact) mass is 251 g/mol. The van der Waals surface area contributed by atoms with E-state index < -0.39 is 0 Å². The van der Waals surface area contributed by atoms with Crippen molar-refractivity contribution in [2.75, 3.05) is 26.8 Å². The Morgan fingerprint density at radius 2 is 2.28 bits per heavy atom. The van der Waals surface area contributed by atoms with E-state index in [0.717, 1.165) is 50.6 Å². The fourth-order valence-corrected chi connectivity index (χ4v) is 3.08. The summed E-state index contributed by atoms with van der Waals surface area (Å²) in [4.78, 5) is 2.37. The molecule has 1 unspecified atom stereocenters. The fourth-order valence-electron chi connectivity index (χ4n) is 3.08. The van der Waals surface area contributed by atoms with Crippen LogP contribution in [0.5, 0.6) is 0 Å². The number of furan rings is 1. The maximum atomic E-state index is 5.95. The summed E-state index contributed by atoms with van der Waals surface area (Å²) in [5.74, 6) is 2.02. The molecule has 0 bridgehead atoms. The summed E-state index contributed by atoms with van der Waals surface area (Å²) in [5, 5.41) is 0. The zero-order valence-electron chi connectivity index (χ0n) is 11.1. The van der Waals surface area contributed by atoms with E-state index in [1.807, 2.05) is 13.0 Å². The second-order valence-corrected chi connectivity index (χ2v) is 5.54. The van der Waals surface area contributed by atoms with Crippen molar-refractivity contribution in [2.45, 2.75) is 38.0 Å². The highest BCUT2D eigenvalue weighted by Gasteiger charge is 2.47. The van der Waals surface area contributed by atoms with Crippen molar-refractivity contribution in [2.24, 2.45) is 0 Å². The van der Waals surface area contributed by atoms with Crippen LogP contribution >= 0.6 is 0 Å². The van der Waals surface area contributed by atoms with Crippen LogP contribution in [0.3, 0.4) is 0 Å². The molecule has 4 heteroatoms. The van der Waals surface area contributed by atoms with Crippen molar-refractivity contribution in [3.63, 3.8) is 0 Å². The van der Waals surface area contributed by atoms with E-state index in [0.29, 0.717) is 6.10 Å². The van der Waals surface area contributed by atoms with Gasteiger partial charge in [-0.2, -0.15) is 0 Å². The number of hydrogen-bond acceptors (Lipinski definition) is 4. The van der Waals surface area contributed by atoms with Gasteiger partial charge in [0, 0.05) is 33.2 Å². The van der Waals surface area contributed by atoms with Crippen molar-refractivity contribution in [3.8, 4) is 0 Å². The average molecular weight is 251 g/mol. The standard InChI is InChI=1S/C14H21NO3/c1-11-3-4-13(18-11)8-15-9-14(10-15)7-12(16-2)5-6-17-14/h3-4,12H,5-10H2,1-2H3. The topological polar surface area (TPSA) is 34.8 Å². The molecule has 2 aliphatic rings. The van der Waals surface area contributed by atoms with Gasteiger partial charge in [0.15, 0.2) is 0 Å². The summed E-state index contributed by atoms with van der Waals surface area (Å²) >= 11 is 0. The Labute approximate surface area is 108 Å². The predicted octanol–water partition coefficient (Wildman–Crippen LogP) is 1.97. The van der Waals surface area contributed by atoms with Crippen LogP contribution in [0.25, 0.3) is 0 Å². The van der Waals surface area contributed by atoms with E-state index in [9.17, 15) is 0 Å². The molecule has 3 rings (SSSR count). The molecule has 0 aliphatic carbocycles. The SMILES string of the molecule is COC1CCOC2(C1)CN(Cc1ccc(C)o1)C2. The van der Waals surface area contributed by atoms with Crippen LogP contribution in [0.2, 0.25) is 0 Å². The Kier molecular flexibility index (Phi) is 3.18. The highest BCUT2D eigenvalue weighted by molar-refractivity contribution is 5.08. The van der Waals surface area contributed by atoms with Crippen molar-refractivity contribution in [1.82, 2.24) is 4.90 Å². The lowest BCUT2D eigenvalue weighted by Crippen LogP contribution is -2.65. The first-order valence-electron chi connectivity index (χ1n) is 6.64. The molecule has 100 valence electrons. The number of aryl methyl sites for hydroxylation is 1. The van der Waals surface area contributed by atoms with Gasteiger partial charge >= 0.3 is 0 Å². The number of nitrogens with zero attached hydrogens (tertiary/aromatic N) is 1. The molecule has 0 radical (unpaired) electrons. The van der Waals surface area contributed by atoms with Gasteiger partial charge < -0.3 is 13.9 Å². The molecule has 1 aromatic rings. The molecule has 1 spiro atoms. The van der Waals surface area contributed by atoms with Gasteiger partial charge in [-0.3, -0.25) is 4.90 Å². The molecule has 4 nitrogen and oxygen atoms in total. The van der Waals surface area contributed by atoms with Crippen LogP contribution < -0.4 is 0 Å². The average Bonchev–Trinajstić information content (AvgIpc) is 2.73. The molecular formula is C14H21NO3. The molecule has 2 aliphatic heterocycles. The first kappa shape index (κ1) is 12.2. The molecule has 0 saturated carbocycles. The minimum absolute atomic E-state index is 0.0422. The van der Waals surface area contributed by atoms with Gasteiger partial charge in [0.2, 0.25) is 0 Å². The molecule has 3 heterocycles. The fraction of sp³-hybridized carbons (Fsp3) is 0.714. The lowest BCUT2D eigenvalue weighted by atomic mass is 9.84. The molecule has 0 amide bonds. The number of methoxy groups -OCH3 is 1. The van der Waals surface area contributed by atoms with Crippen LogP contribution in [0.4, 0.5) is 0 Å². The molecule has 0 aromatic carbocycles. The van der Waals surface area contributed by atoms with E-state index in [1.165, 1.54) is 0 Å². The summed E-state index contributed by atoms with van der Waals surface area (Å²) in [7, 11) is 1.80. The third kappa shape index (κ3) is 2.32. The summed E-state index contributed by atoms with van der Waals surface area (Å²) in [5.41, 5.74) is 0.0422. The Bertz CT molecular complexity index is 409. The van der Waals surface area contributed by atoms with E-state index in [-0.39, 0.29) is 5.60 Å². The van der Waals surface area contributed by atoms with Crippen LogP contribution in [-0.4, -0.2) is 43.4 Å². The summed E-state index contributed by atoms with van der Waals surface area (Å²) in [6.07, 6.45) is 2.42. The van der Waals surface area contributed by atoms with Gasteiger partial charge in [-0.15, -0.1) is 0 Å². The van der Waals surface area contributed by atoms with Crippen molar-refractivity contribution >= 4 is 0 Å². The van der Waals surface area contributed by atoms with Gasteiger partial charge in [-0.25, -0.2) is 0 Å². The second kappa shape index (κ2) is 4.68. The van der Waals surface area contributed by atoms with Gasteiger partial charge in [0.1, 0.15) is 11.5 Å². The molecule has 2 saturated heterocycles. The van der Waals surface area contributed by atoms with Gasteiger partial charge in [0.25, 0.3) is 0 Å². The van der Waals surface area contributed by atoms with E-state index >= 15 is 0 Å². The predicted molar refractivity (Wildman–Crippen MR) is 67.4 cm³/mol. The molecule has 1 atom stereocenters. The van der Waals surface area contributed by atoms with Crippen LogP contribution in [0, 0.1) is 6.92 Å². The van der Waals surface area contributed by atoms with Crippen LogP contribution in [0.15, 0.2) is 16.5 Å². The highest BCUT2D eigenvalue weighted by atomic mass is 16.5. The van der Waals surface area contributed by atoms with Gasteiger partial charge in [-0.1, -0.05) is 0 Å². The third-order valence-electron chi connectivity index (χ3n) is 3.98. The normalized spacial score (nSPS) is 27.3. The zero-order chi connectivity index (χ0) is 12.6. The Hall–Kier alpha value is -0.840. The Morgan fingerprint density at radius 1 is 1.44 bits per heavy atom. The third-order valence-corrected chi connectivity index (χ3v) is 3.98. The summed E-state index contributed by atoms with van der Waals surface area (Å²) < 4.78 is 17.0.